The maximum Gasteiger partial charge on any atom is 0.231 e. The molecule has 2 heterocycles. The second-order valence-electron chi connectivity index (χ2n) is 5.93. The zero-order chi connectivity index (χ0) is 16.5. The average Bonchev–Trinajstić information content (AvgIpc) is 3.24. The van der Waals surface area contributed by atoms with Crippen LogP contribution in [0.25, 0.3) is 10.8 Å². The fourth-order valence-electron chi connectivity index (χ4n) is 3.18. The number of amidine groups is 1. The molecule has 0 bridgehead atoms. The number of rotatable bonds is 2. The van der Waals surface area contributed by atoms with E-state index in [0.29, 0.717) is 11.7 Å². The Morgan fingerprint density at radius 2 is 2.04 bits per heavy atom. The molecule has 0 aromatic heterocycles. The summed E-state index contributed by atoms with van der Waals surface area (Å²) >= 11 is 1.55. The first-order chi connectivity index (χ1) is 11.7. The third-order valence-corrected chi connectivity index (χ3v) is 5.26. The predicted octanol–water partition coefficient (Wildman–Crippen LogP) is 2.41. The van der Waals surface area contributed by atoms with E-state index in [1.165, 1.54) is 0 Å². The van der Waals surface area contributed by atoms with E-state index in [2.05, 4.69) is 10.3 Å². The molecule has 0 aliphatic carbocycles. The predicted molar refractivity (Wildman–Crippen MR) is 97.3 cm³/mol. The number of carbonyl (C=O) groups is 2. The number of hydrogen-bond acceptors (Lipinski definition) is 4. The Morgan fingerprint density at radius 1 is 1.21 bits per heavy atom. The molecule has 1 N–H and O–H groups in total. The van der Waals surface area contributed by atoms with Crippen molar-refractivity contribution in [3.8, 4) is 0 Å². The second kappa shape index (κ2) is 6.28. The molecule has 24 heavy (non-hydrogen) atoms. The molecule has 1 saturated heterocycles. The minimum atomic E-state index is -0.333. The summed E-state index contributed by atoms with van der Waals surface area (Å²) in [5.74, 6) is 0.452. The lowest BCUT2D eigenvalue weighted by Crippen LogP contribution is -2.35. The summed E-state index contributed by atoms with van der Waals surface area (Å²) in [5.41, 5.74) is 0.876. The van der Waals surface area contributed by atoms with Gasteiger partial charge in [0.25, 0.3) is 0 Å². The molecule has 4 rings (SSSR count). The Bertz CT molecular complexity index is 844. The van der Waals surface area contributed by atoms with E-state index in [0.717, 1.165) is 28.8 Å². The van der Waals surface area contributed by atoms with Gasteiger partial charge in [0.1, 0.15) is 0 Å². The Balaban J connectivity index is 1.56. The van der Waals surface area contributed by atoms with Crippen molar-refractivity contribution >= 4 is 45.2 Å². The summed E-state index contributed by atoms with van der Waals surface area (Å²) in [4.78, 5) is 30.8. The van der Waals surface area contributed by atoms with Gasteiger partial charge in [0.05, 0.1) is 18.2 Å². The van der Waals surface area contributed by atoms with E-state index < -0.39 is 0 Å². The van der Waals surface area contributed by atoms with Gasteiger partial charge in [0, 0.05) is 24.1 Å². The van der Waals surface area contributed by atoms with Gasteiger partial charge in [-0.2, -0.15) is 0 Å². The van der Waals surface area contributed by atoms with Crippen LogP contribution in [0.1, 0.15) is 6.42 Å². The van der Waals surface area contributed by atoms with Gasteiger partial charge in [-0.05, 0) is 11.5 Å². The number of aliphatic imine (C=N–C) groups is 1. The molecule has 0 unspecified atom stereocenters. The highest BCUT2D eigenvalue weighted by atomic mass is 32.2. The van der Waals surface area contributed by atoms with Crippen LogP contribution in [-0.4, -0.2) is 35.8 Å². The molecule has 0 saturated carbocycles. The van der Waals surface area contributed by atoms with E-state index in [9.17, 15) is 9.59 Å². The van der Waals surface area contributed by atoms with Crippen molar-refractivity contribution in [1.29, 1.82) is 0 Å². The largest absolute Gasteiger partial charge is 0.311 e. The molecule has 1 atom stereocenters. The highest BCUT2D eigenvalue weighted by Crippen LogP contribution is 2.31. The van der Waals surface area contributed by atoms with E-state index in [4.69, 9.17) is 0 Å². The van der Waals surface area contributed by atoms with Crippen LogP contribution in [0, 0.1) is 5.92 Å². The first kappa shape index (κ1) is 15.2. The lowest BCUT2D eigenvalue weighted by Gasteiger charge is -2.19. The number of anilines is 1. The van der Waals surface area contributed by atoms with Crippen LogP contribution < -0.4 is 10.2 Å². The van der Waals surface area contributed by atoms with Crippen molar-refractivity contribution in [2.24, 2.45) is 10.9 Å². The lowest BCUT2D eigenvalue weighted by molar-refractivity contribution is -0.125. The number of thioether (sulfide) groups is 1. The van der Waals surface area contributed by atoms with Gasteiger partial charge >= 0.3 is 0 Å². The molecular weight excluding hydrogens is 322 g/mol. The Kier molecular flexibility index (Phi) is 3.98. The van der Waals surface area contributed by atoms with Crippen molar-refractivity contribution in [2.75, 3.05) is 23.7 Å². The fourth-order valence-corrected chi connectivity index (χ4v) is 3.91. The minimum absolute atomic E-state index is 0.00693. The molecule has 0 radical (unpaired) electrons. The standard InChI is InChI=1S/C18H17N3O2S/c22-16-10-13(17(23)20-18-19-8-9-24-18)11-21(16)15-7-3-5-12-4-1-2-6-14(12)15/h1-7,13H,8-11H2,(H,19,20,23)/t13-/m0/s1. The van der Waals surface area contributed by atoms with E-state index in [1.54, 1.807) is 16.7 Å². The first-order valence-electron chi connectivity index (χ1n) is 7.98. The highest BCUT2D eigenvalue weighted by Gasteiger charge is 2.36. The summed E-state index contributed by atoms with van der Waals surface area (Å²) < 4.78 is 0. The third kappa shape index (κ3) is 2.78. The van der Waals surface area contributed by atoms with Crippen LogP contribution >= 0.6 is 11.8 Å². The quantitative estimate of drug-likeness (QED) is 0.914. The Morgan fingerprint density at radius 3 is 2.88 bits per heavy atom. The van der Waals surface area contributed by atoms with Gasteiger partial charge in [-0.25, -0.2) is 0 Å². The van der Waals surface area contributed by atoms with Crippen LogP contribution in [0.15, 0.2) is 47.5 Å². The van der Waals surface area contributed by atoms with Gasteiger partial charge in [-0.15, -0.1) is 0 Å². The third-order valence-electron chi connectivity index (χ3n) is 4.37. The van der Waals surface area contributed by atoms with Crippen molar-refractivity contribution in [3.63, 3.8) is 0 Å². The number of fused-ring (bicyclic) bond motifs is 1. The van der Waals surface area contributed by atoms with Gasteiger partial charge in [-0.3, -0.25) is 14.6 Å². The summed E-state index contributed by atoms with van der Waals surface area (Å²) in [6.07, 6.45) is 0.243. The van der Waals surface area contributed by atoms with Crippen molar-refractivity contribution in [2.45, 2.75) is 6.42 Å². The van der Waals surface area contributed by atoms with E-state index in [-0.39, 0.29) is 24.2 Å². The van der Waals surface area contributed by atoms with Gasteiger partial charge in [-0.1, -0.05) is 48.2 Å². The van der Waals surface area contributed by atoms with Crippen LogP contribution in [0.2, 0.25) is 0 Å². The smallest absolute Gasteiger partial charge is 0.231 e. The van der Waals surface area contributed by atoms with Crippen molar-refractivity contribution < 1.29 is 9.59 Å². The second-order valence-corrected chi connectivity index (χ2v) is 7.01. The van der Waals surface area contributed by atoms with E-state index in [1.807, 2.05) is 42.5 Å². The molecule has 2 aliphatic heterocycles. The maximum absolute atomic E-state index is 12.5. The van der Waals surface area contributed by atoms with Gasteiger partial charge in [0.15, 0.2) is 5.17 Å². The molecule has 2 aliphatic rings. The normalized spacial score (nSPS) is 20.5. The molecule has 5 nitrogen and oxygen atoms in total. The zero-order valence-corrected chi connectivity index (χ0v) is 13.9. The Hall–Kier alpha value is -2.34. The van der Waals surface area contributed by atoms with Gasteiger partial charge < -0.3 is 10.2 Å². The van der Waals surface area contributed by atoms with Crippen LogP contribution in [0.5, 0.6) is 0 Å². The molecular formula is C18H17N3O2S. The number of nitrogens with one attached hydrogen (secondary N) is 1. The van der Waals surface area contributed by atoms with Crippen LogP contribution in [0.4, 0.5) is 5.69 Å². The SMILES string of the molecule is O=C(NC1=NCCS1)[C@H]1CC(=O)N(c2cccc3ccccc23)C1. The number of benzene rings is 2. The molecule has 2 amide bonds. The average molecular weight is 339 g/mol. The molecule has 2 aromatic rings. The minimum Gasteiger partial charge on any atom is -0.311 e. The molecule has 2 aromatic carbocycles. The van der Waals surface area contributed by atoms with Crippen molar-refractivity contribution in [1.82, 2.24) is 5.32 Å². The summed E-state index contributed by atoms with van der Waals surface area (Å²) in [6.45, 7) is 1.16. The first-order valence-corrected chi connectivity index (χ1v) is 8.97. The van der Waals surface area contributed by atoms with Crippen LogP contribution in [-0.2, 0) is 9.59 Å². The lowest BCUT2D eigenvalue weighted by atomic mass is 10.1. The molecule has 0 spiro atoms. The summed E-state index contributed by atoms with van der Waals surface area (Å²) in [6, 6.07) is 13.9. The number of hydrogen-bond donors (Lipinski definition) is 1. The fraction of sp³-hybridized carbons (Fsp3) is 0.278. The number of nitrogens with zero attached hydrogens (tertiary/aromatic N) is 2. The molecule has 122 valence electrons. The highest BCUT2D eigenvalue weighted by molar-refractivity contribution is 8.14. The van der Waals surface area contributed by atoms with Gasteiger partial charge in [0.2, 0.25) is 11.8 Å². The van der Waals surface area contributed by atoms with Crippen LogP contribution in [0.3, 0.4) is 0 Å². The monoisotopic (exact) mass is 339 g/mol. The van der Waals surface area contributed by atoms with Crippen molar-refractivity contribution in [3.05, 3.63) is 42.5 Å². The number of amides is 2. The summed E-state index contributed by atoms with van der Waals surface area (Å²) in [5, 5.41) is 5.65. The Labute approximate surface area is 144 Å². The van der Waals surface area contributed by atoms with E-state index >= 15 is 0 Å². The topological polar surface area (TPSA) is 61.8 Å². The molecule has 1 fully saturated rings. The molecule has 6 heteroatoms. The maximum atomic E-state index is 12.5. The zero-order valence-electron chi connectivity index (χ0n) is 13.1. The number of carbonyl (C=O) groups excluding carboxylic acids is 2. The summed E-state index contributed by atoms with van der Waals surface area (Å²) in [7, 11) is 0.